The van der Waals surface area contributed by atoms with E-state index in [2.05, 4.69) is 37.2 Å². The number of hydrogen-bond acceptors (Lipinski definition) is 36. The van der Waals surface area contributed by atoms with E-state index < -0.39 is 178 Å². The minimum atomic E-state index is -1.51. The lowest BCUT2D eigenvalue weighted by Gasteiger charge is -2.45. The van der Waals surface area contributed by atoms with Crippen LogP contribution in [0, 0.1) is 0 Å². The molecular weight excluding hydrogens is 1740 g/mol. The molecule has 0 bridgehead atoms. The molecule has 15 atom stereocenters. The molecular formula is C85H131N7O33S3. The Labute approximate surface area is 759 Å². The molecule has 0 saturated carbocycles. The van der Waals surface area contributed by atoms with Gasteiger partial charge in [-0.1, -0.05) is 68.9 Å². The average molecular weight is 1880 g/mol. The highest BCUT2D eigenvalue weighted by Gasteiger charge is 2.54. The Morgan fingerprint density at radius 2 is 0.625 bits per heavy atom. The van der Waals surface area contributed by atoms with Crippen LogP contribution in [0.4, 0.5) is 0 Å². The molecule has 3 heterocycles. The van der Waals surface area contributed by atoms with Gasteiger partial charge in [-0.25, -0.2) is 0 Å². The largest absolute Gasteiger partial charge is 0.463 e. The fourth-order valence-corrected chi connectivity index (χ4v) is 17.4. The van der Waals surface area contributed by atoms with E-state index in [1.807, 2.05) is 18.2 Å². The van der Waals surface area contributed by atoms with E-state index in [9.17, 15) is 81.5 Å². The van der Waals surface area contributed by atoms with Crippen molar-refractivity contribution in [1.82, 2.24) is 37.2 Å². The summed E-state index contributed by atoms with van der Waals surface area (Å²) in [7, 11) is 0. The molecule has 43 heteroatoms. The molecule has 1 aromatic rings. The third-order valence-electron chi connectivity index (χ3n) is 19.2. The number of ether oxygens (including phenoxy) is 16. The molecule has 1 aromatic carbocycles. The second kappa shape index (κ2) is 62.3. The first-order chi connectivity index (χ1) is 60.9. The summed E-state index contributed by atoms with van der Waals surface area (Å²) in [5, 5.41) is 20.0. The van der Waals surface area contributed by atoms with Gasteiger partial charge in [-0.05, 0) is 67.8 Å². The predicted octanol–water partition coefficient (Wildman–Crippen LogP) is 4.17. The third kappa shape index (κ3) is 47.0. The Balaban J connectivity index is 1.41. The zero-order chi connectivity index (χ0) is 94.5. The van der Waals surface area contributed by atoms with E-state index in [-0.39, 0.29) is 122 Å². The standard InChI is InChI=1S/C85H131N7O33S3/c1-52(93)89-73-79(120-61(10)102)76(117-58(7)99)65(46-113-55(4)96)123-82(73)126-42-25-16-13-22-36-86-68(105)33-39-110-49-85(92-71(108)31-28-32-72(109)116-45-64-29-20-19-21-30-64,50-111-40-34-69(106)87-37-23-14-17-26-43-127-83-74(90-53(2)94)80(121-62(11)103)77(118-59(8)100)66(124-83)47-114-56(5)97)51-112-41-35-70(107)88-38-24-15-18-27-44-128-84-75(91-54(3)95)81(122-63(12)104)78(119-60(9)101)67(125-84)48-115-57(6)98/h19-21,29-30,65-67,73-84H,13-18,22-28,31-51H2,1-12H3,(H,86,105)(H,87,106)(H,88,107)(H,89,93)(H,90,94)(H,91,95)(H,92,108). The van der Waals surface area contributed by atoms with Crippen LogP contribution >= 0.6 is 35.3 Å². The van der Waals surface area contributed by atoms with Crippen LogP contribution in [-0.2, 0) is 164 Å². The highest BCUT2D eigenvalue weighted by molar-refractivity contribution is 8.00. The Morgan fingerprint density at radius 1 is 0.328 bits per heavy atom. The van der Waals surface area contributed by atoms with E-state index in [0.29, 0.717) is 114 Å². The van der Waals surface area contributed by atoms with Crippen molar-refractivity contribution in [2.24, 2.45) is 0 Å². The first kappa shape index (κ1) is 111. The molecule has 128 heavy (non-hydrogen) atoms. The van der Waals surface area contributed by atoms with E-state index >= 15 is 0 Å². The summed E-state index contributed by atoms with van der Waals surface area (Å²) >= 11 is 3.97. The molecule has 15 unspecified atom stereocenters. The fourth-order valence-electron chi connectivity index (χ4n) is 13.7. The van der Waals surface area contributed by atoms with Crippen LogP contribution < -0.4 is 37.2 Å². The van der Waals surface area contributed by atoms with Gasteiger partial charge >= 0.3 is 59.7 Å². The summed E-state index contributed by atoms with van der Waals surface area (Å²) in [6.07, 6.45) is -2.88. The van der Waals surface area contributed by atoms with Crippen LogP contribution in [0.25, 0.3) is 0 Å². The van der Waals surface area contributed by atoms with Crippen LogP contribution in [0.3, 0.4) is 0 Å². The Morgan fingerprint density at radius 3 is 0.914 bits per heavy atom. The number of carbonyl (C=O) groups excluding carboxylic acids is 17. The number of benzene rings is 1. The summed E-state index contributed by atoms with van der Waals surface area (Å²) in [5.41, 5.74) is -3.19. The number of hydrogen-bond donors (Lipinski definition) is 7. The van der Waals surface area contributed by atoms with Crippen molar-refractivity contribution >= 4 is 136 Å². The zero-order valence-corrected chi connectivity index (χ0v) is 77.7. The summed E-state index contributed by atoms with van der Waals surface area (Å²) in [5.74, 6) is -8.12. The van der Waals surface area contributed by atoms with Gasteiger partial charge < -0.3 is 113 Å². The van der Waals surface area contributed by atoms with Gasteiger partial charge in [0, 0.05) is 135 Å². The van der Waals surface area contributed by atoms with E-state index in [4.69, 9.17) is 75.8 Å². The highest BCUT2D eigenvalue weighted by atomic mass is 32.2. The minimum absolute atomic E-state index is 0.0301. The van der Waals surface area contributed by atoms with Crippen molar-refractivity contribution < 1.29 is 157 Å². The monoisotopic (exact) mass is 1870 g/mol. The number of nitrogens with one attached hydrogen (secondary N) is 7. The maximum absolute atomic E-state index is 14.1. The molecule has 3 saturated heterocycles. The van der Waals surface area contributed by atoms with Crippen LogP contribution in [0.2, 0.25) is 0 Å². The number of thioether (sulfide) groups is 3. The second-order valence-corrected chi connectivity index (χ2v) is 34.4. The molecule has 0 spiro atoms. The summed E-state index contributed by atoms with van der Waals surface area (Å²) in [4.78, 5) is 213. The molecule has 722 valence electrons. The van der Waals surface area contributed by atoms with Gasteiger partial charge in [0.25, 0.3) is 0 Å². The summed E-state index contributed by atoms with van der Waals surface area (Å²) in [6, 6.07) is 6.20. The summed E-state index contributed by atoms with van der Waals surface area (Å²) in [6.45, 7) is 13.1. The number of carbonyl (C=O) groups is 17. The lowest BCUT2D eigenvalue weighted by Crippen LogP contribution is -2.65. The molecule has 3 fully saturated rings. The Bertz CT molecular complexity index is 3400. The minimum Gasteiger partial charge on any atom is -0.463 e. The summed E-state index contributed by atoms with van der Waals surface area (Å²) < 4.78 is 91.7. The molecule has 3 aliphatic heterocycles. The average Bonchev–Trinajstić information content (AvgIpc) is 0.792. The first-order valence-corrected chi connectivity index (χ1v) is 46.2. The lowest BCUT2D eigenvalue weighted by atomic mass is 9.97. The number of amides is 7. The van der Waals surface area contributed by atoms with Crippen molar-refractivity contribution in [3.63, 3.8) is 0 Å². The van der Waals surface area contributed by atoms with Gasteiger partial charge in [-0.15, -0.1) is 35.3 Å². The number of unbranched alkanes of at least 4 members (excludes halogenated alkanes) is 9. The number of esters is 10. The Kier molecular flexibility index (Phi) is 54.2. The van der Waals surface area contributed by atoms with Crippen LogP contribution in [0.5, 0.6) is 0 Å². The second-order valence-electron chi connectivity index (χ2n) is 30.8. The van der Waals surface area contributed by atoms with Crippen molar-refractivity contribution in [2.75, 3.05) is 96.4 Å². The normalized spacial score (nSPS) is 22.2. The SMILES string of the molecule is CC(=O)NC1C(SCCCCCCNC(=O)CCOCC(COCCC(=O)NCCCCCCSC2OC(COC(C)=O)C(OC(C)=O)C(OC(C)=O)C2NC(C)=O)(COCCC(=O)NCCCCCCSC2OC(COC(C)=O)C(OC(C)=O)C(OC(C)=O)C2NC(C)=O)NC(=O)CCCC(=O)OCc2ccccc2)OC(COC(C)=O)C(OC(C)=O)C1OC(C)=O. The van der Waals surface area contributed by atoms with Gasteiger partial charge in [-0.3, -0.25) is 81.5 Å². The van der Waals surface area contributed by atoms with E-state index in [1.165, 1.54) is 97.6 Å². The molecule has 40 nitrogen and oxygen atoms in total. The smallest absolute Gasteiger partial charge is 0.306 e. The fraction of sp³-hybridized carbons (Fsp3) is 0.729. The predicted molar refractivity (Wildman–Crippen MR) is 461 cm³/mol. The molecule has 7 amide bonds. The lowest BCUT2D eigenvalue weighted by molar-refractivity contribution is -0.211. The quantitative estimate of drug-likeness (QED) is 0.0273. The maximum atomic E-state index is 14.1. The van der Waals surface area contributed by atoms with Crippen LogP contribution in [0.15, 0.2) is 30.3 Å². The van der Waals surface area contributed by atoms with Gasteiger partial charge in [0.05, 0.1) is 39.6 Å². The van der Waals surface area contributed by atoms with E-state index in [1.54, 1.807) is 12.1 Å². The van der Waals surface area contributed by atoms with Crippen LogP contribution in [0.1, 0.15) is 204 Å². The van der Waals surface area contributed by atoms with Gasteiger partial charge in [0.15, 0.2) is 36.6 Å². The number of rotatable bonds is 61. The Hall–Kier alpha value is -8.98. The van der Waals surface area contributed by atoms with Gasteiger partial charge in [0.2, 0.25) is 41.4 Å². The third-order valence-corrected chi connectivity index (χ3v) is 23.0. The molecule has 3 aliphatic rings. The van der Waals surface area contributed by atoms with Crippen molar-refractivity contribution in [3.8, 4) is 0 Å². The molecule has 4 rings (SSSR count). The van der Waals surface area contributed by atoms with E-state index in [0.717, 1.165) is 26.3 Å². The molecule has 0 radical (unpaired) electrons. The zero-order valence-electron chi connectivity index (χ0n) is 75.3. The maximum Gasteiger partial charge on any atom is 0.306 e. The molecule has 0 aromatic heterocycles. The van der Waals surface area contributed by atoms with Crippen molar-refractivity contribution in [2.45, 2.75) is 300 Å². The highest BCUT2D eigenvalue weighted by Crippen LogP contribution is 2.37. The molecule has 0 aliphatic carbocycles. The van der Waals surface area contributed by atoms with Gasteiger partial charge in [-0.2, -0.15) is 0 Å². The molecule has 7 N–H and O–H groups in total. The van der Waals surface area contributed by atoms with Crippen molar-refractivity contribution in [3.05, 3.63) is 35.9 Å². The van der Waals surface area contributed by atoms with Gasteiger partial charge in [0.1, 0.15) is 84.7 Å². The van der Waals surface area contributed by atoms with Crippen LogP contribution in [-0.4, -0.2) is 292 Å². The van der Waals surface area contributed by atoms with Crippen molar-refractivity contribution in [1.29, 1.82) is 0 Å². The topological polar surface area (TPSA) is 522 Å². The first-order valence-electron chi connectivity index (χ1n) is 43.0.